The lowest BCUT2D eigenvalue weighted by Crippen LogP contribution is -2.46. The molecule has 0 spiro atoms. The van der Waals surface area contributed by atoms with Gasteiger partial charge in [-0.2, -0.15) is 5.26 Å². The molecule has 0 radical (unpaired) electrons. The van der Waals surface area contributed by atoms with Crippen molar-refractivity contribution in [3.05, 3.63) is 47.3 Å². The lowest BCUT2D eigenvalue weighted by molar-refractivity contribution is -0.160. The first kappa shape index (κ1) is 46.4. The van der Waals surface area contributed by atoms with Crippen LogP contribution < -0.4 is 15.4 Å². The predicted molar refractivity (Wildman–Crippen MR) is 218 cm³/mol. The second kappa shape index (κ2) is 19.2. The van der Waals surface area contributed by atoms with Gasteiger partial charge in [0.15, 0.2) is 5.75 Å². The minimum Gasteiger partial charge on any atom is -0.507 e. The second-order valence-corrected chi connectivity index (χ2v) is 16.2. The van der Waals surface area contributed by atoms with Gasteiger partial charge in [0.1, 0.15) is 35.5 Å². The Morgan fingerprint density at radius 3 is 2.31 bits per heavy atom. The average molecular weight is 840 g/mol. The number of methoxy groups -OCH3 is 1. The van der Waals surface area contributed by atoms with Crippen molar-refractivity contribution in [1.29, 1.82) is 5.26 Å². The molecule has 5 bridgehead atoms. The van der Waals surface area contributed by atoms with E-state index in [9.17, 15) is 44.7 Å². The summed E-state index contributed by atoms with van der Waals surface area (Å²) in [5.74, 6) is -9.22. The number of aliphatic hydroxyl groups is 2. The molecule has 0 aromatic heterocycles. The fourth-order valence-corrected chi connectivity index (χ4v) is 8.25. The van der Waals surface area contributed by atoms with Crippen molar-refractivity contribution < 1.29 is 63.7 Å². The van der Waals surface area contributed by atoms with E-state index in [0.717, 1.165) is 11.8 Å². The van der Waals surface area contributed by atoms with E-state index in [-0.39, 0.29) is 62.5 Å². The summed E-state index contributed by atoms with van der Waals surface area (Å²) in [6.45, 7) is 12.3. The number of nitrogens with zero attached hydrogens (tertiary/aromatic N) is 1. The van der Waals surface area contributed by atoms with Crippen LogP contribution in [-0.4, -0.2) is 98.7 Å². The number of allylic oxidation sites excluding steroid dienone is 2. The van der Waals surface area contributed by atoms with Gasteiger partial charge in [-0.15, -0.1) is 11.8 Å². The van der Waals surface area contributed by atoms with Crippen molar-refractivity contribution in [2.45, 2.75) is 96.9 Å². The summed E-state index contributed by atoms with van der Waals surface area (Å²) < 4.78 is 23.4. The van der Waals surface area contributed by atoms with Crippen molar-refractivity contribution in [2.24, 2.45) is 23.7 Å². The van der Waals surface area contributed by atoms with Crippen molar-refractivity contribution >= 4 is 51.8 Å². The second-order valence-electron chi connectivity index (χ2n) is 15.1. The zero-order valence-corrected chi connectivity index (χ0v) is 35.3. The molecule has 2 amide bonds. The van der Waals surface area contributed by atoms with Gasteiger partial charge in [-0.05, 0) is 19.9 Å². The number of amides is 2. The molecule has 0 saturated heterocycles. The maximum absolute atomic E-state index is 14.4. The number of ether oxygens (including phenoxy) is 4. The number of esters is 1. The molecule has 59 heavy (non-hydrogen) atoms. The number of rotatable bonds is 7. The number of anilines is 1. The molecule has 0 aliphatic carbocycles. The van der Waals surface area contributed by atoms with E-state index >= 15 is 0 Å². The summed E-state index contributed by atoms with van der Waals surface area (Å²) >= 11 is 0.909. The van der Waals surface area contributed by atoms with E-state index in [4.69, 9.17) is 24.2 Å². The molecule has 320 valence electrons. The summed E-state index contributed by atoms with van der Waals surface area (Å²) in [6.07, 6.45) is 2.92. The van der Waals surface area contributed by atoms with Crippen molar-refractivity contribution in [1.82, 2.24) is 5.32 Å². The normalized spacial score (nSPS) is 29.2. The fraction of sp³-hybridized carbons (Fsp3) is 0.500. The van der Waals surface area contributed by atoms with Crippen LogP contribution in [0.5, 0.6) is 23.0 Å². The number of fused-ring (bicyclic) bond motifs is 14. The number of aromatic hydroxyl groups is 3. The van der Waals surface area contributed by atoms with Crippen LogP contribution in [0.2, 0.25) is 0 Å². The lowest BCUT2D eigenvalue weighted by Gasteiger charge is -2.38. The van der Waals surface area contributed by atoms with E-state index in [1.54, 1.807) is 45.9 Å². The monoisotopic (exact) mass is 839 g/mol. The zero-order chi connectivity index (χ0) is 44.1. The molecule has 0 unspecified atom stereocenters. The fourth-order valence-electron chi connectivity index (χ4n) is 7.31. The van der Waals surface area contributed by atoms with Crippen LogP contribution in [0.25, 0.3) is 10.8 Å². The molecule has 2 aromatic rings. The third-order valence-corrected chi connectivity index (χ3v) is 12.0. The SMILES string of the molecule is CO[C@H]1C=CO[C@@]2(C)Oc3c(C)c(O)c4c(O)c(c(SCCNC(=O)CC#N)c(O)c4c3C2=O)NC(=O)/C(C)=C\C=C/[C@H](C)[C@H](O)[C@@H](C)[C@@H](O)[C@@H](C)[C@H](OC(C)=O)[C@@H]1C. The predicted octanol–water partition coefficient (Wildman–Crippen LogP) is 4.88. The number of carbonyl (C=O) groups is 4. The lowest BCUT2D eigenvalue weighted by atomic mass is 9.78. The first-order chi connectivity index (χ1) is 27.7. The third kappa shape index (κ3) is 9.62. The summed E-state index contributed by atoms with van der Waals surface area (Å²) in [4.78, 5) is 52.1. The van der Waals surface area contributed by atoms with Crippen molar-refractivity contribution in [3.8, 4) is 29.1 Å². The van der Waals surface area contributed by atoms with Crippen LogP contribution in [0.15, 0.2) is 41.0 Å². The number of nitriles is 1. The minimum absolute atomic E-state index is 0.0133. The number of thioether (sulfide) groups is 1. The number of nitrogens with one attached hydrogen (secondary N) is 2. The van der Waals surface area contributed by atoms with Gasteiger partial charge in [-0.3, -0.25) is 19.2 Å². The van der Waals surface area contributed by atoms with Crippen molar-refractivity contribution in [2.75, 3.05) is 24.7 Å². The molecule has 7 N–H and O–H groups in total. The first-order valence-electron chi connectivity index (χ1n) is 19.1. The molecular formula is C42H53N3O13S. The largest absolute Gasteiger partial charge is 0.507 e. The summed E-state index contributed by atoms with van der Waals surface area (Å²) in [7, 11) is 1.41. The van der Waals surface area contributed by atoms with E-state index in [1.165, 1.54) is 53.2 Å². The Kier molecular flexibility index (Phi) is 15.1. The summed E-state index contributed by atoms with van der Waals surface area (Å²) in [6, 6.07) is 1.75. The maximum atomic E-state index is 14.4. The topological polar surface area (TPSA) is 254 Å². The van der Waals surface area contributed by atoms with Crippen LogP contribution in [0, 0.1) is 41.9 Å². The Labute approximate surface area is 346 Å². The highest BCUT2D eigenvalue weighted by Gasteiger charge is 2.50. The van der Waals surface area contributed by atoms with Gasteiger partial charge in [0.05, 0.1) is 46.5 Å². The Morgan fingerprint density at radius 1 is 1.00 bits per heavy atom. The number of benzene rings is 2. The molecule has 0 fully saturated rings. The van der Waals surface area contributed by atoms with Crippen LogP contribution in [0.1, 0.15) is 70.8 Å². The Bertz CT molecular complexity index is 2110. The van der Waals surface area contributed by atoms with Crippen LogP contribution in [-0.2, 0) is 28.6 Å². The molecule has 0 saturated carbocycles. The van der Waals surface area contributed by atoms with Gasteiger partial charge >= 0.3 is 11.8 Å². The third-order valence-electron chi connectivity index (χ3n) is 10.9. The van der Waals surface area contributed by atoms with Gasteiger partial charge in [0.25, 0.3) is 11.7 Å². The average Bonchev–Trinajstić information content (AvgIpc) is 3.45. The molecule has 3 aliphatic rings. The minimum atomic E-state index is -2.08. The number of phenols is 3. The number of Topliss-reactive ketones (excluding diaryl/α,β-unsaturated/α-hetero) is 1. The first-order valence-corrected chi connectivity index (χ1v) is 20.0. The molecule has 17 heteroatoms. The summed E-state index contributed by atoms with van der Waals surface area (Å²) in [5, 5.41) is 71.4. The van der Waals surface area contributed by atoms with Gasteiger partial charge < -0.3 is 55.1 Å². The van der Waals surface area contributed by atoms with E-state index < -0.39 is 94.7 Å². The number of hydrogen-bond acceptors (Lipinski definition) is 15. The van der Waals surface area contributed by atoms with E-state index in [0.29, 0.717) is 0 Å². The molecule has 16 nitrogen and oxygen atoms in total. The number of hydrogen-bond donors (Lipinski definition) is 7. The highest BCUT2D eigenvalue weighted by atomic mass is 32.2. The Hall–Kier alpha value is -5.28. The molecular weight excluding hydrogens is 787 g/mol. The molecule has 5 rings (SSSR count). The van der Waals surface area contributed by atoms with Gasteiger partial charge in [-0.25, -0.2) is 0 Å². The molecule has 3 aliphatic heterocycles. The van der Waals surface area contributed by atoms with Crippen molar-refractivity contribution in [3.63, 3.8) is 0 Å². The molecule has 2 aromatic carbocycles. The number of aliphatic hydroxyl groups excluding tert-OH is 2. The smallest absolute Gasteiger partial charge is 0.312 e. The number of ketones is 1. The number of phenolic OH excluding ortho intramolecular Hbond substituents is 3. The molecule has 3 heterocycles. The van der Waals surface area contributed by atoms with Gasteiger partial charge in [0.2, 0.25) is 5.91 Å². The van der Waals surface area contributed by atoms with Crippen LogP contribution in [0.4, 0.5) is 5.69 Å². The quantitative estimate of drug-likeness (QED) is 0.0645. The summed E-state index contributed by atoms with van der Waals surface area (Å²) in [5.41, 5.74) is -0.378. The zero-order valence-electron chi connectivity index (χ0n) is 34.5. The molecule has 9 atom stereocenters. The highest BCUT2D eigenvalue weighted by molar-refractivity contribution is 7.99. The van der Waals surface area contributed by atoms with Crippen LogP contribution >= 0.6 is 11.8 Å². The number of carbonyl (C=O) groups excluding carboxylic acids is 4. The standard InChI is InChI=1S/C42H53N3O13S/c1-19-11-10-12-20(2)41(54)45-31-35(51)29-28(36(52)39(31)59-18-16-44-27(47)13-15-43)30-38(24(6)34(29)50)58-42(8,40(30)53)56-17-14-26(55-9)21(3)37(57-25(7)46)23(5)33(49)22(4)32(19)48/h10-12,14,17,19,21-23,26,32-33,37,48-52H,13,16,18H2,1-9H3,(H,44,47)(H,45,54)/b11-10-,17-14?,20-12-/t19-,21+,22+,23+,26-,32-,33+,37+,42-/m0/s1. The van der Waals surface area contributed by atoms with Gasteiger partial charge in [-0.1, -0.05) is 45.9 Å². The highest BCUT2D eigenvalue weighted by Crippen LogP contribution is 2.57. The van der Waals surface area contributed by atoms with Gasteiger partial charge in [0, 0.05) is 73.4 Å². The van der Waals surface area contributed by atoms with E-state index in [2.05, 4.69) is 10.6 Å². The Balaban J connectivity index is 1.93. The Morgan fingerprint density at radius 2 is 1.68 bits per heavy atom. The van der Waals surface area contributed by atoms with E-state index in [1.807, 2.05) is 0 Å². The van der Waals surface area contributed by atoms with Crippen LogP contribution in [0.3, 0.4) is 0 Å². The maximum Gasteiger partial charge on any atom is 0.312 e.